The Morgan fingerprint density at radius 1 is 1.09 bits per heavy atom. The summed E-state index contributed by atoms with van der Waals surface area (Å²) in [6.45, 7) is 11.6. The number of nitrogens with zero attached hydrogens (tertiary/aromatic N) is 1. The van der Waals surface area contributed by atoms with E-state index in [0.717, 1.165) is 26.2 Å². The number of benzene rings is 1. The highest BCUT2D eigenvalue weighted by atomic mass is 35.5. The second-order valence-electron chi connectivity index (χ2n) is 6.74. The van der Waals surface area contributed by atoms with E-state index in [1.807, 2.05) is 11.3 Å². The lowest BCUT2D eigenvalue weighted by Gasteiger charge is -2.42. The van der Waals surface area contributed by atoms with Gasteiger partial charge in [-0.25, -0.2) is 0 Å². The third-order valence-electron chi connectivity index (χ3n) is 4.14. The second kappa shape index (κ2) is 7.98. The molecule has 0 radical (unpaired) electrons. The molecule has 1 saturated heterocycles. The van der Waals surface area contributed by atoms with Crippen molar-refractivity contribution in [1.29, 1.82) is 0 Å². The van der Waals surface area contributed by atoms with Gasteiger partial charge in [-0.15, -0.1) is 36.2 Å². The summed E-state index contributed by atoms with van der Waals surface area (Å²) in [6.07, 6.45) is 0. The maximum atomic E-state index is 3.46. The summed E-state index contributed by atoms with van der Waals surface area (Å²) >= 11 is 1.88. The Labute approximate surface area is 150 Å². The van der Waals surface area contributed by atoms with Crippen molar-refractivity contribution in [1.82, 2.24) is 10.2 Å². The van der Waals surface area contributed by atoms with Crippen LogP contribution < -0.4 is 5.32 Å². The Kier molecular flexibility index (Phi) is 7.16. The molecule has 2 nitrogen and oxygen atoms in total. The van der Waals surface area contributed by atoms with Gasteiger partial charge in [0.2, 0.25) is 0 Å². The topological polar surface area (TPSA) is 15.3 Å². The molecule has 0 bridgehead atoms. The molecular formula is C17H26Cl2N2S. The molecule has 0 aliphatic carbocycles. The number of piperazine rings is 1. The zero-order chi connectivity index (χ0) is 14.2. The number of thiophene rings is 1. The summed E-state index contributed by atoms with van der Waals surface area (Å²) in [5.74, 6) is 0. The zero-order valence-corrected chi connectivity index (χ0v) is 15.9. The van der Waals surface area contributed by atoms with Crippen LogP contribution in [0.3, 0.4) is 0 Å². The summed E-state index contributed by atoms with van der Waals surface area (Å²) in [7, 11) is 0. The standard InChI is InChI=1S/C17H24N2S.2ClH/c1-17(2,3)16(19-10-8-18-9-11-19)14-12-20-15-7-5-4-6-13(14)15;;/h4-7,12,16,18H,8-11H2,1-3H3;2*1H/t16-;;/m1../s1. The first-order valence-electron chi connectivity index (χ1n) is 7.48. The number of fused-ring (bicyclic) bond motifs is 1. The molecule has 1 aromatic heterocycles. The number of hydrogen-bond donors (Lipinski definition) is 1. The van der Waals surface area contributed by atoms with Crippen molar-refractivity contribution in [2.24, 2.45) is 5.41 Å². The van der Waals surface area contributed by atoms with Crippen LogP contribution in [-0.4, -0.2) is 31.1 Å². The van der Waals surface area contributed by atoms with E-state index in [-0.39, 0.29) is 30.2 Å². The minimum atomic E-state index is 0. The van der Waals surface area contributed by atoms with Crippen LogP contribution in [0.25, 0.3) is 10.1 Å². The number of nitrogens with one attached hydrogen (secondary N) is 1. The third kappa shape index (κ3) is 3.95. The average molecular weight is 361 g/mol. The fraction of sp³-hybridized carbons (Fsp3) is 0.529. The van der Waals surface area contributed by atoms with Crippen LogP contribution in [0, 0.1) is 5.41 Å². The lowest BCUT2D eigenvalue weighted by Crippen LogP contribution is -2.48. The Balaban J connectivity index is 0.00000121. The predicted octanol–water partition coefficient (Wildman–Crippen LogP) is 4.74. The normalized spacial score (nSPS) is 17.6. The van der Waals surface area contributed by atoms with Gasteiger partial charge in [0.05, 0.1) is 0 Å². The molecule has 0 amide bonds. The highest BCUT2D eigenvalue weighted by Gasteiger charge is 2.33. The molecule has 2 aromatic rings. The fourth-order valence-electron chi connectivity index (χ4n) is 3.36. The number of rotatable bonds is 2. The minimum Gasteiger partial charge on any atom is -0.314 e. The second-order valence-corrected chi connectivity index (χ2v) is 7.65. The van der Waals surface area contributed by atoms with Gasteiger partial charge < -0.3 is 5.32 Å². The van der Waals surface area contributed by atoms with Crippen molar-refractivity contribution in [3.63, 3.8) is 0 Å². The first-order valence-corrected chi connectivity index (χ1v) is 8.36. The molecule has 1 aliphatic rings. The summed E-state index contributed by atoms with van der Waals surface area (Å²) in [6, 6.07) is 9.32. The van der Waals surface area contributed by atoms with Gasteiger partial charge >= 0.3 is 0 Å². The zero-order valence-electron chi connectivity index (χ0n) is 13.5. The quantitative estimate of drug-likeness (QED) is 0.831. The maximum absolute atomic E-state index is 3.46. The monoisotopic (exact) mass is 360 g/mol. The van der Waals surface area contributed by atoms with Crippen molar-refractivity contribution in [2.45, 2.75) is 26.8 Å². The van der Waals surface area contributed by atoms with E-state index in [1.54, 1.807) is 0 Å². The Bertz CT molecular complexity index is 586. The Morgan fingerprint density at radius 3 is 2.36 bits per heavy atom. The van der Waals surface area contributed by atoms with Crippen LogP contribution in [0.1, 0.15) is 32.4 Å². The SMILES string of the molecule is CC(C)(C)[C@@H](c1csc2ccccc12)N1CCNCC1.Cl.Cl. The predicted molar refractivity (Wildman–Crippen MR) is 103 cm³/mol. The first kappa shape index (κ1) is 19.7. The number of hydrogen-bond acceptors (Lipinski definition) is 3. The van der Waals surface area contributed by atoms with Crippen LogP contribution >= 0.6 is 36.2 Å². The average Bonchev–Trinajstić information content (AvgIpc) is 2.83. The maximum Gasteiger partial charge on any atom is 0.0411 e. The molecule has 124 valence electrons. The van der Waals surface area contributed by atoms with Crippen LogP contribution in [0.5, 0.6) is 0 Å². The molecule has 1 atom stereocenters. The van der Waals surface area contributed by atoms with Crippen molar-refractivity contribution in [2.75, 3.05) is 26.2 Å². The van der Waals surface area contributed by atoms with E-state index in [1.165, 1.54) is 15.6 Å². The van der Waals surface area contributed by atoms with Crippen molar-refractivity contribution in [3.05, 3.63) is 35.2 Å². The van der Waals surface area contributed by atoms with Crippen LogP contribution in [0.15, 0.2) is 29.6 Å². The van der Waals surface area contributed by atoms with E-state index >= 15 is 0 Å². The molecule has 1 aromatic carbocycles. The summed E-state index contributed by atoms with van der Waals surface area (Å²) < 4.78 is 1.41. The third-order valence-corrected chi connectivity index (χ3v) is 5.12. The van der Waals surface area contributed by atoms with Crippen LogP contribution in [-0.2, 0) is 0 Å². The molecule has 0 spiro atoms. The van der Waals surface area contributed by atoms with Gasteiger partial charge in [0.15, 0.2) is 0 Å². The van der Waals surface area contributed by atoms with Gasteiger partial charge in [-0.3, -0.25) is 4.90 Å². The first-order chi connectivity index (χ1) is 9.57. The molecule has 1 fully saturated rings. The van der Waals surface area contributed by atoms with E-state index in [9.17, 15) is 0 Å². The minimum absolute atomic E-state index is 0. The van der Waals surface area contributed by atoms with E-state index in [0.29, 0.717) is 6.04 Å². The van der Waals surface area contributed by atoms with E-state index in [2.05, 4.69) is 60.6 Å². The molecule has 3 rings (SSSR count). The summed E-state index contributed by atoms with van der Waals surface area (Å²) in [5.41, 5.74) is 1.77. The lowest BCUT2D eigenvalue weighted by molar-refractivity contribution is 0.0875. The number of halogens is 2. The van der Waals surface area contributed by atoms with Gasteiger partial charge in [-0.2, -0.15) is 0 Å². The molecule has 0 saturated carbocycles. The highest BCUT2D eigenvalue weighted by Crippen LogP contribution is 2.42. The fourth-order valence-corrected chi connectivity index (χ4v) is 4.34. The van der Waals surface area contributed by atoms with Gasteiger partial charge in [0, 0.05) is 36.9 Å². The van der Waals surface area contributed by atoms with Gasteiger partial charge in [-0.1, -0.05) is 39.0 Å². The van der Waals surface area contributed by atoms with E-state index < -0.39 is 0 Å². The van der Waals surface area contributed by atoms with Crippen molar-refractivity contribution in [3.8, 4) is 0 Å². The molecule has 22 heavy (non-hydrogen) atoms. The molecule has 0 unspecified atom stereocenters. The Hall–Kier alpha value is -0.320. The summed E-state index contributed by atoms with van der Waals surface area (Å²) in [4.78, 5) is 2.66. The molecule has 1 aliphatic heterocycles. The molecule has 1 N–H and O–H groups in total. The van der Waals surface area contributed by atoms with Gasteiger partial charge in [0.1, 0.15) is 0 Å². The smallest absolute Gasteiger partial charge is 0.0411 e. The highest BCUT2D eigenvalue weighted by molar-refractivity contribution is 7.17. The van der Waals surface area contributed by atoms with Crippen molar-refractivity contribution < 1.29 is 0 Å². The van der Waals surface area contributed by atoms with Crippen LogP contribution in [0.2, 0.25) is 0 Å². The molecule has 2 heterocycles. The molecule has 5 heteroatoms. The van der Waals surface area contributed by atoms with E-state index in [4.69, 9.17) is 0 Å². The lowest BCUT2D eigenvalue weighted by atomic mass is 9.81. The summed E-state index contributed by atoms with van der Waals surface area (Å²) in [5, 5.41) is 7.28. The largest absolute Gasteiger partial charge is 0.314 e. The van der Waals surface area contributed by atoms with Gasteiger partial charge in [-0.05, 0) is 27.8 Å². The van der Waals surface area contributed by atoms with Crippen molar-refractivity contribution >= 4 is 46.2 Å². The van der Waals surface area contributed by atoms with Gasteiger partial charge in [0.25, 0.3) is 0 Å². The molecular weight excluding hydrogens is 335 g/mol. The van der Waals surface area contributed by atoms with Crippen LogP contribution in [0.4, 0.5) is 0 Å². The Morgan fingerprint density at radius 2 is 1.73 bits per heavy atom.